The number of aromatic amines is 1. The zero-order valence-corrected chi connectivity index (χ0v) is 14.8. The van der Waals surface area contributed by atoms with E-state index in [9.17, 15) is 28.4 Å². The summed E-state index contributed by atoms with van der Waals surface area (Å²) in [5.41, 5.74) is -2.11. The maximum absolute atomic E-state index is 13.1. The molecule has 1 unspecified atom stereocenters. The lowest BCUT2D eigenvalue weighted by atomic mass is 10.4. The summed E-state index contributed by atoms with van der Waals surface area (Å²) in [7, 11) is -3.70. The summed E-state index contributed by atoms with van der Waals surface area (Å²) in [6, 6.07) is 0. The zero-order valence-electron chi connectivity index (χ0n) is 13.9. The lowest BCUT2D eigenvalue weighted by molar-refractivity contribution is -0.121. The third-order valence-electron chi connectivity index (χ3n) is 2.99. The summed E-state index contributed by atoms with van der Waals surface area (Å²) in [6.45, 7) is 2.76. The number of hydrogen-bond acceptors (Lipinski definition) is 7. The molecule has 1 atom stereocenters. The molecule has 0 spiro atoms. The first-order valence-electron chi connectivity index (χ1n) is 7.56. The van der Waals surface area contributed by atoms with E-state index in [1.165, 1.54) is 0 Å². The lowest BCUT2D eigenvalue weighted by Crippen LogP contribution is -2.37. The summed E-state index contributed by atoms with van der Waals surface area (Å²) >= 11 is 0. The second-order valence-electron chi connectivity index (χ2n) is 4.86. The van der Waals surface area contributed by atoms with E-state index in [0.29, 0.717) is 10.8 Å². The molecule has 25 heavy (non-hydrogen) atoms. The molecule has 0 aliphatic heterocycles. The first-order valence-corrected chi connectivity index (χ1v) is 9.17. The highest BCUT2D eigenvalue weighted by molar-refractivity contribution is 7.54. The number of aliphatic hydroxyl groups excluding tert-OH is 1. The summed E-state index contributed by atoms with van der Waals surface area (Å²) < 4.78 is 36.0. The minimum absolute atomic E-state index is 0.0786. The van der Waals surface area contributed by atoms with E-state index in [2.05, 4.69) is 5.32 Å². The Labute approximate surface area is 142 Å². The van der Waals surface area contributed by atoms with Gasteiger partial charge in [-0.15, -0.1) is 0 Å². The first kappa shape index (κ1) is 21.2. The Morgan fingerprint density at radius 1 is 1.40 bits per heavy atom. The largest absolute Gasteiger partial charge is 0.380 e. The van der Waals surface area contributed by atoms with Gasteiger partial charge >= 0.3 is 13.3 Å². The average molecular weight is 381 g/mol. The van der Waals surface area contributed by atoms with E-state index in [1.54, 1.807) is 18.8 Å². The maximum atomic E-state index is 13.1. The van der Waals surface area contributed by atoms with Gasteiger partial charge in [-0.1, -0.05) is 0 Å². The second kappa shape index (κ2) is 9.62. The minimum Gasteiger partial charge on any atom is -0.380 e. The zero-order chi connectivity index (χ0) is 19.0. The predicted molar refractivity (Wildman–Crippen MR) is 85.8 cm³/mol. The van der Waals surface area contributed by atoms with E-state index >= 15 is 0 Å². The third-order valence-corrected chi connectivity index (χ3v) is 5.21. The van der Waals surface area contributed by atoms with E-state index in [1.807, 2.05) is 0 Å². The third kappa shape index (κ3) is 6.20. The van der Waals surface area contributed by atoms with Crippen LogP contribution >= 0.6 is 7.60 Å². The van der Waals surface area contributed by atoms with Crippen LogP contribution < -0.4 is 16.6 Å². The molecule has 0 saturated heterocycles. The number of nitrogens with zero attached hydrogens (tertiary/aromatic N) is 1. The number of H-pyrrole nitrogens is 1. The van der Waals surface area contributed by atoms with Gasteiger partial charge in [-0.05, 0) is 13.8 Å². The molecule has 142 valence electrons. The number of hydrogen-bond donors (Lipinski definition) is 3. The molecule has 0 aromatic carbocycles. The number of carbonyl (C=O) groups excluding carboxylic acids is 1. The summed E-state index contributed by atoms with van der Waals surface area (Å²) in [6.07, 6.45) is 0.506. The van der Waals surface area contributed by atoms with Gasteiger partial charge in [0.1, 0.15) is 6.54 Å². The Morgan fingerprint density at radius 3 is 2.56 bits per heavy atom. The van der Waals surface area contributed by atoms with Crippen molar-refractivity contribution in [2.24, 2.45) is 0 Å². The summed E-state index contributed by atoms with van der Waals surface area (Å²) in [5.74, 6) is -3.29. The van der Waals surface area contributed by atoms with Crippen LogP contribution in [0.15, 0.2) is 15.8 Å². The van der Waals surface area contributed by atoms with Gasteiger partial charge in [-0.25, -0.2) is 4.79 Å². The Morgan fingerprint density at radius 2 is 2.00 bits per heavy atom. The monoisotopic (exact) mass is 381 g/mol. The Bertz CT molecular complexity index is 738. The van der Waals surface area contributed by atoms with Crippen molar-refractivity contribution in [1.29, 1.82) is 0 Å². The Kier molecular flexibility index (Phi) is 8.17. The molecule has 12 heteroatoms. The lowest BCUT2D eigenvalue weighted by Gasteiger charge is -2.22. The Balaban J connectivity index is 2.57. The molecule has 0 aliphatic carbocycles. The number of aromatic nitrogens is 2. The molecular formula is C13H21FN3O7P. The van der Waals surface area contributed by atoms with E-state index < -0.39 is 43.0 Å². The van der Waals surface area contributed by atoms with E-state index in [4.69, 9.17) is 9.05 Å². The average Bonchev–Trinajstić information content (AvgIpc) is 2.53. The van der Waals surface area contributed by atoms with Crippen molar-refractivity contribution >= 4 is 13.5 Å². The van der Waals surface area contributed by atoms with E-state index in [0.717, 1.165) is 0 Å². The topological polar surface area (TPSA) is 140 Å². The molecule has 1 amide bonds. The van der Waals surface area contributed by atoms with Crippen molar-refractivity contribution in [1.82, 2.24) is 14.9 Å². The molecule has 0 bridgehead atoms. The quantitative estimate of drug-likeness (QED) is 0.476. The van der Waals surface area contributed by atoms with Crippen LogP contribution in [0.5, 0.6) is 0 Å². The predicted octanol–water partition coefficient (Wildman–Crippen LogP) is -0.233. The van der Waals surface area contributed by atoms with Crippen LogP contribution in [0, 0.1) is 5.82 Å². The van der Waals surface area contributed by atoms with Crippen LogP contribution in [-0.4, -0.2) is 46.2 Å². The molecule has 0 fully saturated rings. The van der Waals surface area contributed by atoms with Crippen molar-refractivity contribution < 1.29 is 27.9 Å². The number of aliphatic hydroxyl groups is 1. The van der Waals surface area contributed by atoms with Crippen LogP contribution in [-0.2, 0) is 25.0 Å². The molecule has 1 aromatic heterocycles. The van der Waals surface area contributed by atoms with Crippen LogP contribution in [0.1, 0.15) is 20.3 Å². The summed E-state index contributed by atoms with van der Waals surface area (Å²) in [5, 5.41) is 12.3. The van der Waals surface area contributed by atoms with Crippen molar-refractivity contribution in [3.8, 4) is 0 Å². The normalized spacial score (nSPS) is 12.8. The number of carbonyl (C=O) groups is 1. The highest BCUT2D eigenvalue weighted by Gasteiger charge is 2.33. The highest BCUT2D eigenvalue weighted by Crippen LogP contribution is 2.52. The number of nitrogens with one attached hydrogen (secondary N) is 2. The van der Waals surface area contributed by atoms with Crippen molar-refractivity contribution in [3.63, 3.8) is 0 Å². The first-order chi connectivity index (χ1) is 11.7. The smallest absolute Gasteiger partial charge is 0.358 e. The molecule has 3 N–H and O–H groups in total. The summed E-state index contributed by atoms with van der Waals surface area (Å²) in [4.78, 5) is 35.8. The molecule has 0 aliphatic rings. The van der Waals surface area contributed by atoms with Crippen LogP contribution in [0.4, 0.5) is 4.39 Å². The van der Waals surface area contributed by atoms with Crippen molar-refractivity contribution in [2.75, 3.05) is 19.8 Å². The van der Waals surface area contributed by atoms with Crippen LogP contribution in [0.3, 0.4) is 0 Å². The van der Waals surface area contributed by atoms with Gasteiger partial charge in [0.15, 0.2) is 5.85 Å². The van der Waals surface area contributed by atoms with E-state index in [-0.39, 0.29) is 26.2 Å². The number of rotatable bonds is 10. The van der Waals surface area contributed by atoms with Crippen LogP contribution in [0.2, 0.25) is 0 Å². The maximum Gasteiger partial charge on any atom is 0.358 e. The molecule has 1 aromatic rings. The Hall–Kier alpha value is -1.81. The number of halogens is 1. The van der Waals surface area contributed by atoms with Gasteiger partial charge in [0, 0.05) is 13.0 Å². The highest BCUT2D eigenvalue weighted by atomic mass is 31.2. The van der Waals surface area contributed by atoms with Gasteiger partial charge < -0.3 is 19.5 Å². The standard InChI is InChI=1S/C13H21FN3O7P/c1-3-23-25(22,24-4-2)11(19)5-6-15-10(18)8-17-7-9(14)12(20)16-13(17)21/h7,11,19H,3-6,8H2,1-2H3,(H,15,18)(H,16,20,21). The minimum atomic E-state index is -3.70. The molecular weight excluding hydrogens is 360 g/mol. The van der Waals surface area contributed by atoms with Crippen molar-refractivity contribution in [3.05, 3.63) is 32.9 Å². The van der Waals surface area contributed by atoms with Gasteiger partial charge in [-0.2, -0.15) is 4.39 Å². The number of amides is 1. The molecule has 0 saturated carbocycles. The molecule has 1 rings (SSSR count). The second-order valence-corrected chi connectivity index (χ2v) is 7.05. The van der Waals surface area contributed by atoms with Gasteiger partial charge in [-0.3, -0.25) is 23.7 Å². The molecule has 10 nitrogen and oxygen atoms in total. The molecule has 1 heterocycles. The fourth-order valence-electron chi connectivity index (χ4n) is 1.88. The van der Waals surface area contributed by atoms with Gasteiger partial charge in [0.25, 0.3) is 5.56 Å². The van der Waals surface area contributed by atoms with Gasteiger partial charge in [0.2, 0.25) is 11.7 Å². The fraction of sp³-hybridized carbons (Fsp3) is 0.615. The van der Waals surface area contributed by atoms with Crippen molar-refractivity contribution in [2.45, 2.75) is 32.7 Å². The SMILES string of the molecule is CCOP(=O)(OCC)C(O)CCNC(=O)Cn1cc(F)c(=O)[nH]c1=O. The van der Waals surface area contributed by atoms with Crippen LogP contribution in [0.25, 0.3) is 0 Å². The van der Waals surface area contributed by atoms with Gasteiger partial charge in [0.05, 0.1) is 19.4 Å². The fourth-order valence-corrected chi connectivity index (χ4v) is 3.46. The molecule has 0 radical (unpaired) electrons.